The second-order valence-electron chi connectivity index (χ2n) is 4.62. The van der Waals surface area contributed by atoms with Crippen LogP contribution in [-0.2, 0) is 13.0 Å². The first-order valence-corrected chi connectivity index (χ1v) is 6.89. The van der Waals surface area contributed by atoms with Gasteiger partial charge in [-0.1, -0.05) is 25.1 Å². The van der Waals surface area contributed by atoms with E-state index in [1.54, 1.807) is 11.6 Å². The summed E-state index contributed by atoms with van der Waals surface area (Å²) in [5, 5.41) is 16.0. The maximum absolute atomic E-state index is 5.34. The van der Waals surface area contributed by atoms with Crippen molar-refractivity contribution >= 4 is 11.5 Å². The fourth-order valence-corrected chi connectivity index (χ4v) is 2.18. The highest BCUT2D eigenvalue weighted by Crippen LogP contribution is 2.18. The highest BCUT2D eigenvalue weighted by Gasteiger charge is 2.06. The molecule has 0 spiro atoms. The van der Waals surface area contributed by atoms with Crippen LogP contribution in [0.2, 0.25) is 0 Å². The van der Waals surface area contributed by atoms with Crippen molar-refractivity contribution in [3.8, 4) is 5.75 Å². The lowest BCUT2D eigenvalue weighted by Gasteiger charge is -2.10. The number of aromatic nitrogens is 4. The van der Waals surface area contributed by atoms with E-state index in [1.807, 2.05) is 43.3 Å². The van der Waals surface area contributed by atoms with Gasteiger partial charge in [0.25, 0.3) is 0 Å². The monoisotopic (exact) mass is 283 g/mol. The average Bonchev–Trinajstić information content (AvgIpc) is 2.95. The van der Waals surface area contributed by atoms with Gasteiger partial charge in [-0.15, -0.1) is 15.3 Å². The molecule has 0 bridgehead atoms. The summed E-state index contributed by atoms with van der Waals surface area (Å²) in [4.78, 5) is 0. The third kappa shape index (κ3) is 2.65. The van der Waals surface area contributed by atoms with Crippen LogP contribution in [0.1, 0.15) is 18.3 Å². The molecule has 3 aromatic rings. The first-order chi connectivity index (χ1) is 10.3. The Kier molecular flexibility index (Phi) is 3.68. The third-order valence-electron chi connectivity index (χ3n) is 3.30. The number of ether oxygens (including phenoxy) is 1. The van der Waals surface area contributed by atoms with Crippen molar-refractivity contribution in [2.45, 2.75) is 19.9 Å². The fraction of sp³-hybridized carbons (Fsp3) is 0.267. The van der Waals surface area contributed by atoms with Gasteiger partial charge in [0.2, 0.25) is 0 Å². The van der Waals surface area contributed by atoms with Crippen LogP contribution in [0.5, 0.6) is 5.75 Å². The zero-order chi connectivity index (χ0) is 14.7. The van der Waals surface area contributed by atoms with Crippen LogP contribution in [0.15, 0.2) is 36.4 Å². The van der Waals surface area contributed by atoms with Crippen LogP contribution >= 0.6 is 0 Å². The maximum atomic E-state index is 5.34. The molecule has 108 valence electrons. The largest absolute Gasteiger partial charge is 0.496 e. The molecule has 0 aliphatic rings. The van der Waals surface area contributed by atoms with Gasteiger partial charge in [0.15, 0.2) is 11.5 Å². The van der Waals surface area contributed by atoms with Crippen molar-refractivity contribution in [1.82, 2.24) is 19.8 Å². The number of para-hydroxylation sites is 1. The molecule has 0 radical (unpaired) electrons. The van der Waals surface area contributed by atoms with Crippen LogP contribution in [0, 0.1) is 0 Å². The minimum Gasteiger partial charge on any atom is -0.496 e. The van der Waals surface area contributed by atoms with E-state index in [-0.39, 0.29) is 0 Å². The Balaban J connectivity index is 1.81. The summed E-state index contributed by atoms with van der Waals surface area (Å²) in [5.74, 6) is 2.50. The van der Waals surface area contributed by atoms with Crippen molar-refractivity contribution in [1.29, 1.82) is 0 Å². The van der Waals surface area contributed by atoms with Crippen LogP contribution in [0.3, 0.4) is 0 Å². The van der Waals surface area contributed by atoms with Crippen LogP contribution in [0.4, 0.5) is 5.82 Å². The standard InChI is InChI=1S/C15H17N5O/c1-3-14-17-18-15-9-8-13(19-20(14)15)16-10-11-6-4-5-7-12(11)21-2/h4-9H,3,10H2,1-2H3,(H,16,19). The Labute approximate surface area is 122 Å². The lowest BCUT2D eigenvalue weighted by Crippen LogP contribution is -2.06. The van der Waals surface area contributed by atoms with Crippen LogP contribution in [-0.4, -0.2) is 26.9 Å². The SMILES string of the molecule is CCc1nnc2ccc(NCc3ccccc3OC)nn12. The van der Waals surface area contributed by atoms with Gasteiger partial charge in [0, 0.05) is 18.5 Å². The van der Waals surface area contributed by atoms with Crippen molar-refractivity contribution in [3.63, 3.8) is 0 Å². The number of hydrogen-bond donors (Lipinski definition) is 1. The molecule has 0 saturated heterocycles. The Morgan fingerprint density at radius 3 is 2.81 bits per heavy atom. The summed E-state index contributed by atoms with van der Waals surface area (Å²) in [7, 11) is 1.67. The van der Waals surface area contributed by atoms with Crippen molar-refractivity contribution < 1.29 is 4.74 Å². The molecule has 0 aliphatic carbocycles. The number of methoxy groups -OCH3 is 1. The van der Waals surface area contributed by atoms with Gasteiger partial charge in [0.05, 0.1) is 7.11 Å². The highest BCUT2D eigenvalue weighted by molar-refractivity contribution is 5.45. The van der Waals surface area contributed by atoms with Crippen LogP contribution in [0.25, 0.3) is 5.65 Å². The Hall–Kier alpha value is -2.63. The quantitative estimate of drug-likeness (QED) is 0.778. The second kappa shape index (κ2) is 5.78. The molecule has 0 aliphatic heterocycles. The van der Waals surface area contributed by atoms with Gasteiger partial charge in [-0.05, 0) is 18.2 Å². The van der Waals surface area contributed by atoms with Gasteiger partial charge in [-0.2, -0.15) is 4.52 Å². The minimum absolute atomic E-state index is 0.645. The topological polar surface area (TPSA) is 64.3 Å². The molecule has 0 atom stereocenters. The van der Waals surface area contributed by atoms with E-state index in [0.29, 0.717) is 6.54 Å². The highest BCUT2D eigenvalue weighted by atomic mass is 16.5. The summed E-state index contributed by atoms with van der Waals surface area (Å²) in [6.45, 7) is 2.68. The first kappa shape index (κ1) is 13.4. The average molecular weight is 283 g/mol. The van der Waals surface area contributed by atoms with Gasteiger partial charge in [-0.25, -0.2) is 0 Å². The van der Waals surface area contributed by atoms with E-state index in [0.717, 1.165) is 35.0 Å². The van der Waals surface area contributed by atoms with Gasteiger partial charge >= 0.3 is 0 Å². The van der Waals surface area contributed by atoms with Crippen molar-refractivity contribution in [3.05, 3.63) is 47.8 Å². The zero-order valence-corrected chi connectivity index (χ0v) is 12.1. The Morgan fingerprint density at radius 2 is 2.00 bits per heavy atom. The van der Waals surface area contributed by atoms with Crippen molar-refractivity contribution in [2.24, 2.45) is 0 Å². The minimum atomic E-state index is 0.645. The number of fused-ring (bicyclic) bond motifs is 1. The molecule has 21 heavy (non-hydrogen) atoms. The maximum Gasteiger partial charge on any atom is 0.178 e. The smallest absolute Gasteiger partial charge is 0.178 e. The van der Waals surface area contributed by atoms with Crippen molar-refractivity contribution in [2.75, 3.05) is 12.4 Å². The van der Waals surface area contributed by atoms with Gasteiger partial charge in [-0.3, -0.25) is 0 Å². The number of aryl methyl sites for hydroxylation is 1. The van der Waals surface area contributed by atoms with Gasteiger partial charge < -0.3 is 10.1 Å². The summed E-state index contributed by atoms with van der Waals surface area (Å²) in [6, 6.07) is 11.7. The molecule has 1 N–H and O–H groups in total. The summed E-state index contributed by atoms with van der Waals surface area (Å²) in [6.07, 6.45) is 0.796. The normalized spacial score (nSPS) is 10.8. The number of anilines is 1. The molecular weight excluding hydrogens is 266 g/mol. The summed E-state index contributed by atoms with van der Waals surface area (Å²) in [5.41, 5.74) is 1.84. The molecular formula is C15H17N5O. The molecule has 0 saturated carbocycles. The molecule has 0 unspecified atom stereocenters. The lowest BCUT2D eigenvalue weighted by molar-refractivity contribution is 0.410. The number of rotatable bonds is 5. The molecule has 0 fully saturated rings. The number of nitrogens with zero attached hydrogens (tertiary/aromatic N) is 4. The lowest BCUT2D eigenvalue weighted by atomic mass is 10.2. The number of hydrogen-bond acceptors (Lipinski definition) is 5. The molecule has 2 aromatic heterocycles. The first-order valence-electron chi connectivity index (χ1n) is 6.89. The van der Waals surface area contributed by atoms with Gasteiger partial charge in [0.1, 0.15) is 11.6 Å². The predicted molar refractivity (Wildman–Crippen MR) is 80.5 cm³/mol. The molecule has 6 nitrogen and oxygen atoms in total. The van der Waals surface area contributed by atoms with E-state index in [1.165, 1.54) is 0 Å². The fourth-order valence-electron chi connectivity index (χ4n) is 2.18. The number of benzene rings is 1. The van der Waals surface area contributed by atoms with E-state index >= 15 is 0 Å². The van der Waals surface area contributed by atoms with E-state index in [9.17, 15) is 0 Å². The Morgan fingerprint density at radius 1 is 1.14 bits per heavy atom. The molecule has 3 rings (SSSR count). The second-order valence-corrected chi connectivity index (χ2v) is 4.62. The predicted octanol–water partition coefficient (Wildman–Crippen LogP) is 2.31. The van der Waals surface area contributed by atoms with E-state index in [2.05, 4.69) is 20.6 Å². The zero-order valence-electron chi connectivity index (χ0n) is 12.1. The third-order valence-corrected chi connectivity index (χ3v) is 3.30. The summed E-state index contributed by atoms with van der Waals surface area (Å²) < 4.78 is 7.11. The molecule has 2 heterocycles. The number of nitrogens with one attached hydrogen (secondary N) is 1. The van der Waals surface area contributed by atoms with E-state index in [4.69, 9.17) is 4.74 Å². The molecule has 1 aromatic carbocycles. The summed E-state index contributed by atoms with van der Waals surface area (Å²) >= 11 is 0. The Bertz CT molecular complexity index is 753. The van der Waals surface area contributed by atoms with E-state index < -0.39 is 0 Å². The molecule has 0 amide bonds. The molecule has 6 heteroatoms. The van der Waals surface area contributed by atoms with Crippen LogP contribution < -0.4 is 10.1 Å².